The van der Waals surface area contributed by atoms with Gasteiger partial charge in [0.15, 0.2) is 0 Å². The summed E-state index contributed by atoms with van der Waals surface area (Å²) in [6.07, 6.45) is 6.92. The molecular formula is C11H15N3O. The normalized spacial score (nSPS) is 18.7. The summed E-state index contributed by atoms with van der Waals surface area (Å²) in [5, 5.41) is 2.80. The first-order chi connectivity index (χ1) is 7.21. The zero-order valence-electron chi connectivity index (χ0n) is 8.57. The monoisotopic (exact) mass is 205 g/mol. The van der Waals surface area contributed by atoms with Gasteiger partial charge < -0.3 is 11.1 Å². The van der Waals surface area contributed by atoms with Gasteiger partial charge in [0.2, 0.25) is 5.91 Å². The van der Waals surface area contributed by atoms with Crippen LogP contribution in [0.1, 0.15) is 25.7 Å². The van der Waals surface area contributed by atoms with E-state index in [2.05, 4.69) is 10.3 Å². The van der Waals surface area contributed by atoms with Crippen LogP contribution in [0.3, 0.4) is 0 Å². The van der Waals surface area contributed by atoms with Crippen LogP contribution >= 0.6 is 0 Å². The van der Waals surface area contributed by atoms with Crippen LogP contribution in [-0.4, -0.2) is 16.4 Å². The van der Waals surface area contributed by atoms with Crippen molar-refractivity contribution in [1.29, 1.82) is 0 Å². The first-order valence-corrected chi connectivity index (χ1v) is 5.21. The highest BCUT2D eigenvalue weighted by molar-refractivity contribution is 5.98. The largest absolute Gasteiger partial charge is 0.323 e. The van der Waals surface area contributed by atoms with Crippen LogP contribution < -0.4 is 11.1 Å². The molecule has 80 valence electrons. The number of pyridine rings is 1. The van der Waals surface area contributed by atoms with Crippen LogP contribution in [0.15, 0.2) is 24.5 Å². The van der Waals surface area contributed by atoms with Crippen molar-refractivity contribution in [2.75, 3.05) is 5.32 Å². The fourth-order valence-corrected chi connectivity index (χ4v) is 1.93. The van der Waals surface area contributed by atoms with Gasteiger partial charge in [-0.15, -0.1) is 0 Å². The van der Waals surface area contributed by atoms with E-state index in [-0.39, 0.29) is 5.91 Å². The Kier molecular flexibility index (Phi) is 2.68. The van der Waals surface area contributed by atoms with Crippen LogP contribution in [0.25, 0.3) is 0 Å². The summed E-state index contributed by atoms with van der Waals surface area (Å²) in [5.41, 5.74) is 6.05. The zero-order valence-corrected chi connectivity index (χ0v) is 8.57. The van der Waals surface area contributed by atoms with Gasteiger partial charge in [-0.2, -0.15) is 0 Å². The highest BCUT2D eigenvalue weighted by Gasteiger charge is 2.36. The molecule has 3 N–H and O–H groups in total. The first kappa shape index (κ1) is 10.1. The summed E-state index contributed by atoms with van der Waals surface area (Å²) in [4.78, 5) is 15.8. The third kappa shape index (κ3) is 2.15. The molecule has 0 bridgehead atoms. The van der Waals surface area contributed by atoms with Gasteiger partial charge in [-0.1, -0.05) is 12.8 Å². The molecule has 4 nitrogen and oxygen atoms in total. The summed E-state index contributed by atoms with van der Waals surface area (Å²) < 4.78 is 0. The molecule has 2 rings (SSSR count). The lowest BCUT2D eigenvalue weighted by atomic mass is 9.98. The number of carbonyl (C=O) groups is 1. The zero-order chi connectivity index (χ0) is 10.7. The number of hydrogen-bond acceptors (Lipinski definition) is 3. The lowest BCUT2D eigenvalue weighted by Gasteiger charge is -2.21. The Bertz CT molecular complexity index is 344. The number of nitrogens with one attached hydrogen (secondary N) is 1. The molecule has 0 aromatic carbocycles. The molecule has 1 aliphatic rings. The maximum atomic E-state index is 11.9. The van der Waals surface area contributed by atoms with Crippen molar-refractivity contribution in [3.63, 3.8) is 0 Å². The lowest BCUT2D eigenvalue weighted by molar-refractivity contribution is -0.121. The van der Waals surface area contributed by atoms with Gasteiger partial charge in [-0.25, -0.2) is 0 Å². The van der Waals surface area contributed by atoms with Gasteiger partial charge in [0.1, 0.15) is 0 Å². The van der Waals surface area contributed by atoms with E-state index in [1.807, 2.05) is 6.07 Å². The van der Waals surface area contributed by atoms with Crippen molar-refractivity contribution in [1.82, 2.24) is 4.98 Å². The molecule has 1 heterocycles. The molecule has 1 aliphatic carbocycles. The average Bonchev–Trinajstić information content (AvgIpc) is 2.68. The van der Waals surface area contributed by atoms with Gasteiger partial charge in [0.05, 0.1) is 17.4 Å². The van der Waals surface area contributed by atoms with Crippen molar-refractivity contribution in [2.24, 2.45) is 5.73 Å². The first-order valence-electron chi connectivity index (χ1n) is 5.21. The van der Waals surface area contributed by atoms with Crippen molar-refractivity contribution >= 4 is 11.6 Å². The quantitative estimate of drug-likeness (QED) is 0.764. The van der Waals surface area contributed by atoms with E-state index >= 15 is 0 Å². The molecule has 4 heteroatoms. The second kappa shape index (κ2) is 3.98. The van der Waals surface area contributed by atoms with E-state index in [0.29, 0.717) is 5.69 Å². The molecule has 0 unspecified atom stereocenters. The van der Waals surface area contributed by atoms with Gasteiger partial charge in [0.25, 0.3) is 0 Å². The van der Waals surface area contributed by atoms with E-state index in [1.165, 1.54) is 0 Å². The van der Waals surface area contributed by atoms with E-state index in [9.17, 15) is 4.79 Å². The molecule has 0 aliphatic heterocycles. The predicted octanol–water partition coefficient (Wildman–Crippen LogP) is 1.29. The Labute approximate surface area is 88.9 Å². The fourth-order valence-electron chi connectivity index (χ4n) is 1.93. The molecule has 1 fully saturated rings. The van der Waals surface area contributed by atoms with E-state index in [4.69, 9.17) is 5.73 Å². The number of carbonyl (C=O) groups excluding carboxylic acids is 1. The summed E-state index contributed by atoms with van der Waals surface area (Å²) in [6.45, 7) is 0. The molecule has 1 saturated carbocycles. The van der Waals surface area contributed by atoms with Crippen LogP contribution in [0, 0.1) is 0 Å². The van der Waals surface area contributed by atoms with E-state index in [1.54, 1.807) is 18.5 Å². The number of nitrogens with zero attached hydrogens (tertiary/aromatic N) is 1. The van der Waals surface area contributed by atoms with E-state index < -0.39 is 5.54 Å². The van der Waals surface area contributed by atoms with Crippen LogP contribution in [0.5, 0.6) is 0 Å². The van der Waals surface area contributed by atoms with E-state index in [0.717, 1.165) is 25.7 Å². The highest BCUT2D eigenvalue weighted by atomic mass is 16.2. The van der Waals surface area contributed by atoms with Crippen molar-refractivity contribution in [3.8, 4) is 0 Å². The molecule has 15 heavy (non-hydrogen) atoms. The molecular weight excluding hydrogens is 190 g/mol. The van der Waals surface area contributed by atoms with Gasteiger partial charge >= 0.3 is 0 Å². The Balaban J connectivity index is 2.04. The van der Waals surface area contributed by atoms with Crippen molar-refractivity contribution in [3.05, 3.63) is 24.5 Å². The third-order valence-corrected chi connectivity index (χ3v) is 2.87. The number of aromatic nitrogens is 1. The topological polar surface area (TPSA) is 68.0 Å². The van der Waals surface area contributed by atoms with Gasteiger partial charge in [-0.05, 0) is 25.0 Å². The number of nitrogens with two attached hydrogens (primary N) is 1. The Hall–Kier alpha value is -1.42. The number of rotatable bonds is 2. The molecule has 1 aromatic heterocycles. The Morgan fingerprint density at radius 1 is 1.47 bits per heavy atom. The molecule has 0 saturated heterocycles. The van der Waals surface area contributed by atoms with Crippen LogP contribution in [0.4, 0.5) is 5.69 Å². The summed E-state index contributed by atoms with van der Waals surface area (Å²) >= 11 is 0. The number of hydrogen-bond donors (Lipinski definition) is 2. The molecule has 0 atom stereocenters. The Morgan fingerprint density at radius 2 is 2.20 bits per heavy atom. The number of anilines is 1. The minimum atomic E-state index is -0.671. The minimum absolute atomic E-state index is 0.0898. The lowest BCUT2D eigenvalue weighted by Crippen LogP contribution is -2.48. The number of amides is 1. The molecule has 1 aromatic rings. The van der Waals surface area contributed by atoms with Crippen molar-refractivity contribution in [2.45, 2.75) is 31.2 Å². The molecule has 0 spiro atoms. The summed E-state index contributed by atoms with van der Waals surface area (Å²) in [7, 11) is 0. The maximum Gasteiger partial charge on any atom is 0.244 e. The predicted molar refractivity (Wildman–Crippen MR) is 58.3 cm³/mol. The standard InChI is InChI=1S/C11H15N3O/c12-11(5-1-2-6-11)10(15)14-9-4-3-7-13-8-9/h3-4,7-8H,1-2,5-6,12H2,(H,14,15). The Morgan fingerprint density at radius 3 is 2.80 bits per heavy atom. The van der Waals surface area contributed by atoms with Gasteiger partial charge in [-0.3, -0.25) is 9.78 Å². The van der Waals surface area contributed by atoms with Gasteiger partial charge in [0, 0.05) is 6.20 Å². The SMILES string of the molecule is NC1(C(=O)Nc2cccnc2)CCCC1. The van der Waals surface area contributed by atoms with Crippen LogP contribution in [0.2, 0.25) is 0 Å². The summed E-state index contributed by atoms with van der Waals surface area (Å²) in [5.74, 6) is -0.0898. The average molecular weight is 205 g/mol. The molecule has 1 amide bonds. The minimum Gasteiger partial charge on any atom is -0.323 e. The fraction of sp³-hybridized carbons (Fsp3) is 0.455. The van der Waals surface area contributed by atoms with Crippen molar-refractivity contribution < 1.29 is 4.79 Å². The highest BCUT2D eigenvalue weighted by Crippen LogP contribution is 2.28. The summed E-state index contributed by atoms with van der Waals surface area (Å²) in [6, 6.07) is 3.59. The molecule has 0 radical (unpaired) electrons. The smallest absolute Gasteiger partial charge is 0.244 e. The van der Waals surface area contributed by atoms with Crippen LogP contribution in [-0.2, 0) is 4.79 Å². The maximum absolute atomic E-state index is 11.9. The second-order valence-electron chi connectivity index (χ2n) is 4.06. The third-order valence-electron chi connectivity index (χ3n) is 2.87. The second-order valence-corrected chi connectivity index (χ2v) is 4.06.